The van der Waals surface area contributed by atoms with Gasteiger partial charge in [-0.3, -0.25) is 0 Å². The van der Waals surface area contributed by atoms with Gasteiger partial charge in [-0.05, 0) is 36.6 Å². The van der Waals surface area contributed by atoms with Crippen LogP contribution < -0.4 is 5.73 Å². The minimum atomic E-state index is -0.185. The highest BCUT2D eigenvalue weighted by molar-refractivity contribution is 8.00. The van der Waals surface area contributed by atoms with Gasteiger partial charge in [0.25, 0.3) is 0 Å². The molecule has 1 aromatic carbocycles. The highest BCUT2D eigenvalue weighted by atomic mass is 32.2. The Kier molecular flexibility index (Phi) is 5.85. The van der Waals surface area contributed by atoms with Crippen molar-refractivity contribution in [3.8, 4) is 0 Å². The van der Waals surface area contributed by atoms with Gasteiger partial charge in [0.2, 0.25) is 0 Å². The normalized spacial score (nSPS) is 14.8. The van der Waals surface area contributed by atoms with E-state index in [1.165, 1.54) is 25.0 Å². The monoisotopic (exact) mass is 241 g/mol. The van der Waals surface area contributed by atoms with Crippen LogP contribution in [0.5, 0.6) is 0 Å². The van der Waals surface area contributed by atoms with E-state index in [-0.39, 0.29) is 5.82 Å². The van der Waals surface area contributed by atoms with Crippen LogP contribution in [-0.4, -0.2) is 11.8 Å². The highest BCUT2D eigenvalue weighted by Crippen LogP contribution is 2.29. The molecule has 0 aliphatic rings. The van der Waals surface area contributed by atoms with Crippen molar-refractivity contribution in [1.82, 2.24) is 0 Å². The molecule has 0 saturated heterocycles. The van der Waals surface area contributed by atoms with Crippen molar-refractivity contribution in [2.45, 2.75) is 36.8 Å². The van der Waals surface area contributed by atoms with Crippen LogP contribution in [0.25, 0.3) is 0 Å². The Morgan fingerprint density at radius 2 is 1.94 bits per heavy atom. The third-order valence-corrected chi connectivity index (χ3v) is 4.22. The minimum Gasteiger partial charge on any atom is -0.329 e. The zero-order valence-electron chi connectivity index (χ0n) is 9.95. The molecule has 0 aliphatic carbocycles. The summed E-state index contributed by atoms with van der Waals surface area (Å²) >= 11 is 1.75. The Balaban J connectivity index is 2.59. The molecule has 0 radical (unpaired) electrons. The van der Waals surface area contributed by atoms with Crippen molar-refractivity contribution in [3.63, 3.8) is 0 Å². The van der Waals surface area contributed by atoms with Gasteiger partial charge in [0.1, 0.15) is 5.82 Å². The molecule has 0 aliphatic heterocycles. The van der Waals surface area contributed by atoms with E-state index >= 15 is 0 Å². The van der Waals surface area contributed by atoms with E-state index in [1.54, 1.807) is 11.8 Å². The minimum absolute atomic E-state index is 0.185. The van der Waals surface area contributed by atoms with Gasteiger partial charge in [-0.2, -0.15) is 0 Å². The van der Waals surface area contributed by atoms with E-state index in [2.05, 4.69) is 13.8 Å². The van der Waals surface area contributed by atoms with Crippen molar-refractivity contribution in [1.29, 1.82) is 0 Å². The van der Waals surface area contributed by atoms with E-state index in [1.807, 2.05) is 12.1 Å². The van der Waals surface area contributed by atoms with Crippen LogP contribution in [0.4, 0.5) is 4.39 Å². The Morgan fingerprint density at radius 3 is 2.44 bits per heavy atom. The van der Waals surface area contributed by atoms with Gasteiger partial charge in [-0.25, -0.2) is 4.39 Å². The highest BCUT2D eigenvalue weighted by Gasteiger charge is 2.16. The molecule has 1 rings (SSSR count). The van der Waals surface area contributed by atoms with Gasteiger partial charge in [0.05, 0.1) is 0 Å². The second kappa shape index (κ2) is 6.92. The average molecular weight is 241 g/mol. The number of rotatable bonds is 6. The van der Waals surface area contributed by atoms with E-state index < -0.39 is 0 Å². The maximum atomic E-state index is 12.8. The Bertz CT molecular complexity index is 299. The Morgan fingerprint density at radius 1 is 1.31 bits per heavy atom. The maximum Gasteiger partial charge on any atom is 0.123 e. The van der Waals surface area contributed by atoms with E-state index in [9.17, 15) is 4.39 Å². The van der Waals surface area contributed by atoms with Gasteiger partial charge in [-0.1, -0.05) is 20.3 Å². The van der Waals surface area contributed by atoms with Crippen LogP contribution in [0, 0.1) is 11.7 Å². The standard InChI is InChI=1S/C13H20FNS/c1-3-4-10(2)13(9-15)16-12-7-5-11(14)6-8-12/h5-8,10,13H,3-4,9,15H2,1-2H3. The summed E-state index contributed by atoms with van der Waals surface area (Å²) in [5.41, 5.74) is 5.79. The summed E-state index contributed by atoms with van der Waals surface area (Å²) in [6.07, 6.45) is 2.37. The number of nitrogens with two attached hydrogens (primary N) is 1. The molecule has 0 fully saturated rings. The number of halogens is 1. The van der Waals surface area contributed by atoms with Crippen molar-refractivity contribution in [3.05, 3.63) is 30.1 Å². The number of hydrogen-bond acceptors (Lipinski definition) is 2. The Labute approximate surface area is 102 Å². The van der Waals surface area contributed by atoms with Gasteiger partial charge in [-0.15, -0.1) is 11.8 Å². The van der Waals surface area contributed by atoms with Crippen LogP contribution in [0.1, 0.15) is 26.7 Å². The smallest absolute Gasteiger partial charge is 0.123 e. The first kappa shape index (κ1) is 13.5. The molecule has 2 atom stereocenters. The zero-order chi connectivity index (χ0) is 12.0. The molecule has 2 N–H and O–H groups in total. The number of hydrogen-bond donors (Lipinski definition) is 1. The number of thioether (sulfide) groups is 1. The summed E-state index contributed by atoms with van der Waals surface area (Å²) in [7, 11) is 0. The van der Waals surface area contributed by atoms with E-state index in [0.717, 1.165) is 4.90 Å². The fourth-order valence-corrected chi connectivity index (χ4v) is 2.83. The third-order valence-electron chi connectivity index (χ3n) is 2.71. The summed E-state index contributed by atoms with van der Waals surface area (Å²) in [5.74, 6) is 0.417. The molecule has 3 heteroatoms. The first-order valence-electron chi connectivity index (χ1n) is 5.79. The fourth-order valence-electron chi connectivity index (χ4n) is 1.73. The Hall–Kier alpha value is -0.540. The largest absolute Gasteiger partial charge is 0.329 e. The van der Waals surface area contributed by atoms with Crippen LogP contribution >= 0.6 is 11.8 Å². The van der Waals surface area contributed by atoms with Gasteiger partial charge < -0.3 is 5.73 Å². The van der Waals surface area contributed by atoms with Crippen molar-refractivity contribution >= 4 is 11.8 Å². The summed E-state index contributed by atoms with van der Waals surface area (Å²) in [6.45, 7) is 5.09. The van der Waals surface area contributed by atoms with E-state index in [4.69, 9.17) is 5.73 Å². The van der Waals surface area contributed by atoms with Crippen LogP contribution in [0.15, 0.2) is 29.2 Å². The molecule has 0 spiro atoms. The quantitative estimate of drug-likeness (QED) is 0.769. The summed E-state index contributed by atoms with van der Waals surface area (Å²) < 4.78 is 12.8. The molecule has 90 valence electrons. The summed E-state index contributed by atoms with van der Waals surface area (Å²) in [4.78, 5) is 1.10. The molecular weight excluding hydrogens is 221 g/mol. The second-order valence-electron chi connectivity index (χ2n) is 4.11. The lowest BCUT2D eigenvalue weighted by Crippen LogP contribution is -2.24. The molecule has 0 heterocycles. The molecule has 2 unspecified atom stereocenters. The first-order valence-corrected chi connectivity index (χ1v) is 6.67. The van der Waals surface area contributed by atoms with Crippen molar-refractivity contribution in [2.24, 2.45) is 11.7 Å². The van der Waals surface area contributed by atoms with Gasteiger partial charge in [0, 0.05) is 16.7 Å². The predicted octanol–water partition coefficient (Wildman–Crippen LogP) is 3.68. The molecule has 0 amide bonds. The predicted molar refractivity (Wildman–Crippen MR) is 69.2 cm³/mol. The lowest BCUT2D eigenvalue weighted by molar-refractivity contribution is 0.505. The summed E-state index contributed by atoms with van der Waals surface area (Å²) in [6, 6.07) is 6.64. The lowest BCUT2D eigenvalue weighted by Gasteiger charge is -2.21. The van der Waals surface area contributed by atoms with Gasteiger partial charge >= 0.3 is 0 Å². The number of benzene rings is 1. The molecule has 1 nitrogen and oxygen atoms in total. The third kappa shape index (κ3) is 4.14. The van der Waals surface area contributed by atoms with Crippen LogP contribution in [-0.2, 0) is 0 Å². The molecule has 0 saturated carbocycles. The van der Waals surface area contributed by atoms with E-state index in [0.29, 0.717) is 17.7 Å². The fraction of sp³-hybridized carbons (Fsp3) is 0.538. The van der Waals surface area contributed by atoms with Gasteiger partial charge in [0.15, 0.2) is 0 Å². The van der Waals surface area contributed by atoms with Crippen molar-refractivity contribution in [2.75, 3.05) is 6.54 Å². The van der Waals surface area contributed by atoms with Crippen LogP contribution in [0.2, 0.25) is 0 Å². The molecule has 1 aromatic rings. The summed E-state index contributed by atoms with van der Waals surface area (Å²) in [5, 5.41) is 0.422. The lowest BCUT2D eigenvalue weighted by atomic mass is 10.0. The average Bonchev–Trinajstić information content (AvgIpc) is 2.28. The molecule has 16 heavy (non-hydrogen) atoms. The van der Waals surface area contributed by atoms with Crippen molar-refractivity contribution < 1.29 is 4.39 Å². The zero-order valence-corrected chi connectivity index (χ0v) is 10.8. The SMILES string of the molecule is CCCC(C)C(CN)Sc1ccc(F)cc1. The second-order valence-corrected chi connectivity index (χ2v) is 5.42. The topological polar surface area (TPSA) is 26.0 Å². The molecule has 0 bridgehead atoms. The maximum absolute atomic E-state index is 12.8. The molecular formula is C13H20FNS. The first-order chi connectivity index (χ1) is 7.67. The molecule has 0 aromatic heterocycles. The van der Waals surface area contributed by atoms with Crippen LogP contribution in [0.3, 0.4) is 0 Å².